The fraction of sp³-hybridized carbons (Fsp3) is 0. The average Bonchev–Trinajstić information content (AvgIpc) is 3.70. The number of rotatable bonds is 8. The molecule has 60 heavy (non-hydrogen) atoms. The maximum Gasteiger partial charge on any atom is 0.135 e. The highest BCUT2D eigenvalue weighted by Gasteiger charge is 2.26. The lowest BCUT2D eigenvalue weighted by Gasteiger charge is -2.27. The normalized spacial score (nSPS) is 11.3. The lowest BCUT2D eigenvalue weighted by Crippen LogP contribution is -2.09. The van der Waals surface area contributed by atoms with Crippen LogP contribution < -0.4 is 4.90 Å². The van der Waals surface area contributed by atoms with Crippen molar-refractivity contribution in [2.24, 2.45) is 0 Å². The number of fused-ring (bicyclic) bond motifs is 4. The molecule has 0 amide bonds. The fourth-order valence-corrected chi connectivity index (χ4v) is 9.03. The Morgan fingerprint density at radius 3 is 1.33 bits per heavy atom. The van der Waals surface area contributed by atoms with Crippen LogP contribution >= 0.6 is 0 Å². The number of anilines is 3. The summed E-state index contributed by atoms with van der Waals surface area (Å²) in [7, 11) is 0. The summed E-state index contributed by atoms with van der Waals surface area (Å²) in [5, 5.41) is 4.66. The maximum atomic E-state index is 6.23. The molecule has 2 heteroatoms. The van der Waals surface area contributed by atoms with E-state index in [2.05, 4.69) is 229 Å². The zero-order valence-electron chi connectivity index (χ0n) is 32.9. The van der Waals surface area contributed by atoms with E-state index in [1.807, 2.05) is 12.1 Å². The number of hydrogen-bond donors (Lipinski definition) is 0. The van der Waals surface area contributed by atoms with Gasteiger partial charge in [-0.3, -0.25) is 0 Å². The van der Waals surface area contributed by atoms with Gasteiger partial charge in [-0.25, -0.2) is 0 Å². The summed E-state index contributed by atoms with van der Waals surface area (Å²) < 4.78 is 6.23. The van der Waals surface area contributed by atoms with Gasteiger partial charge in [0.2, 0.25) is 0 Å². The minimum atomic E-state index is 0.883. The minimum absolute atomic E-state index is 0.883. The second-order valence-corrected chi connectivity index (χ2v) is 15.2. The van der Waals surface area contributed by atoms with Gasteiger partial charge in [-0.05, 0) is 115 Å². The highest BCUT2D eigenvalue weighted by molar-refractivity contribution is 6.22. The largest absolute Gasteiger partial charge is 0.456 e. The van der Waals surface area contributed by atoms with E-state index in [1.54, 1.807) is 0 Å². The molecular formula is C58H39NO. The third kappa shape index (κ3) is 6.14. The third-order valence-electron chi connectivity index (χ3n) is 11.7. The van der Waals surface area contributed by atoms with Crippen molar-refractivity contribution < 1.29 is 4.42 Å². The summed E-state index contributed by atoms with van der Waals surface area (Å²) in [4.78, 5) is 2.33. The van der Waals surface area contributed by atoms with Gasteiger partial charge in [0, 0.05) is 27.8 Å². The van der Waals surface area contributed by atoms with Crippen molar-refractivity contribution in [3.05, 3.63) is 237 Å². The molecule has 0 aliphatic carbocycles. The monoisotopic (exact) mass is 765 g/mol. The van der Waals surface area contributed by atoms with Crippen molar-refractivity contribution >= 4 is 49.8 Å². The quantitative estimate of drug-likeness (QED) is 0.153. The molecule has 0 radical (unpaired) electrons. The van der Waals surface area contributed by atoms with E-state index >= 15 is 0 Å². The molecular weight excluding hydrogens is 727 g/mol. The van der Waals surface area contributed by atoms with Crippen LogP contribution in [0.15, 0.2) is 241 Å². The Balaban J connectivity index is 1.17. The van der Waals surface area contributed by atoms with Gasteiger partial charge in [0.15, 0.2) is 0 Å². The van der Waals surface area contributed by atoms with Crippen LogP contribution in [0.2, 0.25) is 0 Å². The Morgan fingerprint density at radius 2 is 0.717 bits per heavy atom. The van der Waals surface area contributed by atoms with Crippen molar-refractivity contribution in [2.45, 2.75) is 0 Å². The molecule has 0 unspecified atom stereocenters. The topological polar surface area (TPSA) is 16.4 Å². The number of para-hydroxylation sites is 2. The van der Waals surface area contributed by atoms with Gasteiger partial charge in [0.05, 0.1) is 0 Å². The Morgan fingerprint density at radius 1 is 0.267 bits per heavy atom. The van der Waals surface area contributed by atoms with Gasteiger partial charge in [-0.15, -0.1) is 0 Å². The van der Waals surface area contributed by atoms with Gasteiger partial charge in [0.1, 0.15) is 11.2 Å². The summed E-state index contributed by atoms with van der Waals surface area (Å²) in [5.74, 6) is 0. The molecule has 0 aliphatic rings. The molecule has 1 heterocycles. The van der Waals surface area contributed by atoms with Gasteiger partial charge >= 0.3 is 0 Å². The summed E-state index contributed by atoms with van der Waals surface area (Å²) in [6.45, 7) is 0. The van der Waals surface area contributed by atoms with Crippen LogP contribution in [-0.2, 0) is 0 Å². The van der Waals surface area contributed by atoms with Crippen LogP contribution in [0.1, 0.15) is 0 Å². The molecule has 282 valence electrons. The predicted molar refractivity (Wildman–Crippen MR) is 253 cm³/mol. The summed E-state index contributed by atoms with van der Waals surface area (Å²) in [6.07, 6.45) is 0. The third-order valence-corrected chi connectivity index (χ3v) is 11.7. The molecule has 0 saturated heterocycles. The SMILES string of the molecule is c1ccc(-c2c(-c3ccccc3)c(-c3ccccc3)c3c(-c4ccc(N(c5ccccc5)c5ccc6oc7ccccc7c6c5)cc4)cccc3c2-c2ccccc2)cc1. The molecule has 0 fully saturated rings. The lowest BCUT2D eigenvalue weighted by molar-refractivity contribution is 0.669. The second kappa shape index (κ2) is 15.1. The zero-order valence-corrected chi connectivity index (χ0v) is 32.9. The number of furan rings is 1. The summed E-state index contributed by atoms with van der Waals surface area (Å²) >= 11 is 0. The standard InChI is InChI=1S/C58H39NO/c1-6-19-41(20-7-1)54-50-31-18-30-48(58(50)57(44-25-12-4-13-26-44)56(43-23-10-3-11-24-43)55(54)42-21-8-2-9-22-42)40-33-35-46(36-34-40)59(45-27-14-5-15-28-45)47-37-38-53-51(39-47)49-29-16-17-32-52(49)60-53/h1-39H. The molecule has 1 aromatic heterocycles. The first-order valence-electron chi connectivity index (χ1n) is 20.5. The Hall–Kier alpha value is -7.94. The first-order valence-corrected chi connectivity index (χ1v) is 20.5. The first-order chi connectivity index (χ1) is 29.8. The van der Waals surface area contributed by atoms with Crippen LogP contribution in [0.3, 0.4) is 0 Å². The minimum Gasteiger partial charge on any atom is -0.456 e. The highest BCUT2D eigenvalue weighted by atomic mass is 16.3. The molecule has 11 rings (SSSR count). The Labute approximate surface area is 349 Å². The molecule has 2 nitrogen and oxygen atoms in total. The molecule has 0 aliphatic heterocycles. The highest BCUT2D eigenvalue weighted by Crippen LogP contribution is 2.53. The lowest BCUT2D eigenvalue weighted by atomic mass is 9.77. The molecule has 0 saturated carbocycles. The van der Waals surface area contributed by atoms with Crippen molar-refractivity contribution in [3.8, 4) is 55.6 Å². The maximum absolute atomic E-state index is 6.23. The summed E-state index contributed by atoms with van der Waals surface area (Å²) in [5.41, 5.74) is 17.0. The molecule has 0 N–H and O–H groups in total. The van der Waals surface area contributed by atoms with Crippen LogP contribution in [-0.4, -0.2) is 0 Å². The van der Waals surface area contributed by atoms with E-state index in [-0.39, 0.29) is 0 Å². The average molecular weight is 766 g/mol. The number of nitrogens with zero attached hydrogens (tertiary/aromatic N) is 1. The molecule has 0 atom stereocenters. The Bertz CT molecular complexity index is 3270. The van der Waals surface area contributed by atoms with Crippen molar-refractivity contribution in [2.75, 3.05) is 4.90 Å². The van der Waals surface area contributed by atoms with E-state index in [4.69, 9.17) is 4.42 Å². The van der Waals surface area contributed by atoms with Crippen molar-refractivity contribution in [1.29, 1.82) is 0 Å². The van der Waals surface area contributed by atoms with Crippen LogP contribution in [0, 0.1) is 0 Å². The van der Waals surface area contributed by atoms with Crippen LogP contribution in [0.4, 0.5) is 17.1 Å². The molecule has 11 aromatic rings. The van der Waals surface area contributed by atoms with Gasteiger partial charge in [-0.2, -0.15) is 0 Å². The van der Waals surface area contributed by atoms with Crippen molar-refractivity contribution in [3.63, 3.8) is 0 Å². The Kier molecular flexibility index (Phi) is 8.87. The van der Waals surface area contributed by atoms with E-state index in [1.165, 1.54) is 60.8 Å². The fourth-order valence-electron chi connectivity index (χ4n) is 9.03. The van der Waals surface area contributed by atoms with E-state index in [9.17, 15) is 0 Å². The van der Waals surface area contributed by atoms with Gasteiger partial charge in [-0.1, -0.05) is 188 Å². The van der Waals surface area contributed by atoms with E-state index in [0.29, 0.717) is 0 Å². The van der Waals surface area contributed by atoms with Crippen LogP contribution in [0.25, 0.3) is 88.3 Å². The van der Waals surface area contributed by atoms with Gasteiger partial charge in [0.25, 0.3) is 0 Å². The van der Waals surface area contributed by atoms with Gasteiger partial charge < -0.3 is 9.32 Å². The smallest absolute Gasteiger partial charge is 0.135 e. The zero-order chi connectivity index (χ0) is 39.8. The van der Waals surface area contributed by atoms with Crippen LogP contribution in [0.5, 0.6) is 0 Å². The van der Waals surface area contributed by atoms with Crippen molar-refractivity contribution in [1.82, 2.24) is 0 Å². The number of benzene rings is 10. The summed E-state index contributed by atoms with van der Waals surface area (Å²) in [6, 6.07) is 85.0. The molecule has 0 spiro atoms. The molecule has 0 bridgehead atoms. The molecule has 10 aromatic carbocycles. The second-order valence-electron chi connectivity index (χ2n) is 15.2. The predicted octanol–water partition coefficient (Wildman–Crippen LogP) is 16.5. The first kappa shape index (κ1) is 35.2. The van der Waals surface area contributed by atoms with E-state index < -0.39 is 0 Å². The van der Waals surface area contributed by atoms with E-state index in [0.717, 1.165) is 44.6 Å². The number of hydrogen-bond acceptors (Lipinski definition) is 2.